The average molecular weight is 211 g/mol. The largest absolute Gasteiger partial charge is 0.384 e. The van der Waals surface area contributed by atoms with Crippen molar-refractivity contribution in [2.75, 3.05) is 5.73 Å². The molecule has 0 aliphatic carbocycles. The number of nitrogens with zero attached hydrogens (tertiary/aromatic N) is 2. The fraction of sp³-hybridized carbons (Fsp3) is 0. The van der Waals surface area contributed by atoms with Gasteiger partial charge >= 0.3 is 0 Å². The van der Waals surface area contributed by atoms with Crippen LogP contribution in [0.2, 0.25) is 5.02 Å². The molecule has 0 radical (unpaired) electrons. The van der Waals surface area contributed by atoms with Crippen molar-refractivity contribution in [2.24, 2.45) is 5.73 Å². The van der Waals surface area contributed by atoms with Crippen molar-refractivity contribution in [3.63, 3.8) is 0 Å². The van der Waals surface area contributed by atoms with Gasteiger partial charge in [0.15, 0.2) is 0 Å². The number of aromatic nitrogens is 2. The number of nitrogens with two attached hydrogens (primary N) is 2. The maximum Gasteiger partial charge on any atom is 0.251 e. The molecule has 0 saturated heterocycles. The second kappa shape index (κ2) is 2.88. The van der Waals surface area contributed by atoms with Crippen molar-refractivity contribution in [2.45, 2.75) is 0 Å². The van der Waals surface area contributed by atoms with Crippen molar-refractivity contribution in [3.05, 3.63) is 28.9 Å². The summed E-state index contributed by atoms with van der Waals surface area (Å²) in [6.07, 6.45) is 1.30. The molecule has 2 aromatic heterocycles. The minimum Gasteiger partial charge on any atom is -0.384 e. The number of hydrogen-bond acceptors (Lipinski definition) is 3. The number of halogens is 1. The first-order chi connectivity index (χ1) is 6.61. The number of amides is 1. The first kappa shape index (κ1) is 8.83. The van der Waals surface area contributed by atoms with Gasteiger partial charge in [0.1, 0.15) is 5.82 Å². The minimum atomic E-state index is -0.607. The lowest BCUT2D eigenvalue weighted by molar-refractivity contribution is 0.1000. The summed E-state index contributed by atoms with van der Waals surface area (Å²) in [6, 6.07) is 3.33. The molecule has 0 aliphatic heterocycles. The summed E-state index contributed by atoms with van der Waals surface area (Å²) in [5.41, 5.74) is 11.5. The topological polar surface area (TPSA) is 86.4 Å². The van der Waals surface area contributed by atoms with E-state index < -0.39 is 5.91 Å². The molecular weight excluding hydrogens is 204 g/mol. The van der Waals surface area contributed by atoms with Gasteiger partial charge in [-0.15, -0.1) is 0 Å². The maximum atomic E-state index is 10.9. The summed E-state index contributed by atoms with van der Waals surface area (Å²) >= 11 is 5.93. The number of nitrogen functional groups attached to an aromatic ring is 1. The Balaban J connectivity index is 2.82. The highest BCUT2D eigenvalue weighted by atomic mass is 35.5. The molecular formula is C8H7ClN4O. The first-order valence-corrected chi connectivity index (χ1v) is 4.20. The van der Waals surface area contributed by atoms with Crippen LogP contribution in [-0.4, -0.2) is 15.5 Å². The zero-order valence-electron chi connectivity index (χ0n) is 7.07. The van der Waals surface area contributed by atoms with E-state index >= 15 is 0 Å². The summed E-state index contributed by atoms with van der Waals surface area (Å²) in [7, 11) is 0. The van der Waals surface area contributed by atoms with Crippen LogP contribution in [0.1, 0.15) is 10.4 Å². The molecule has 0 spiro atoms. The number of fused-ring (bicyclic) bond motifs is 1. The van der Waals surface area contributed by atoms with E-state index in [1.807, 2.05) is 0 Å². The molecule has 72 valence electrons. The van der Waals surface area contributed by atoms with Gasteiger partial charge in [-0.1, -0.05) is 11.6 Å². The Labute approximate surface area is 84.2 Å². The van der Waals surface area contributed by atoms with Gasteiger partial charge in [-0.05, 0) is 12.1 Å². The standard InChI is InChI=1S/C8H7ClN4O/c9-7-4(8(11)14)3-12-13-5(7)1-2-6(13)10/h1-3H,10H2,(H2,11,14). The lowest BCUT2D eigenvalue weighted by atomic mass is 10.3. The first-order valence-electron chi connectivity index (χ1n) is 3.83. The third kappa shape index (κ3) is 1.10. The average Bonchev–Trinajstić information content (AvgIpc) is 2.49. The molecule has 4 N–H and O–H groups in total. The zero-order valence-corrected chi connectivity index (χ0v) is 7.82. The third-order valence-electron chi connectivity index (χ3n) is 1.91. The smallest absolute Gasteiger partial charge is 0.251 e. The minimum absolute atomic E-state index is 0.192. The molecule has 0 aromatic carbocycles. The van der Waals surface area contributed by atoms with E-state index in [1.165, 1.54) is 10.7 Å². The van der Waals surface area contributed by atoms with Gasteiger partial charge in [-0.3, -0.25) is 4.79 Å². The molecule has 2 heterocycles. The van der Waals surface area contributed by atoms with E-state index in [9.17, 15) is 4.79 Å². The molecule has 14 heavy (non-hydrogen) atoms. The van der Waals surface area contributed by atoms with E-state index in [4.69, 9.17) is 23.1 Å². The van der Waals surface area contributed by atoms with Gasteiger partial charge < -0.3 is 11.5 Å². The van der Waals surface area contributed by atoms with E-state index in [1.54, 1.807) is 12.1 Å². The van der Waals surface area contributed by atoms with Gasteiger partial charge in [-0.2, -0.15) is 5.10 Å². The predicted octanol–water partition coefficient (Wildman–Crippen LogP) is 0.669. The van der Waals surface area contributed by atoms with Crippen LogP contribution in [0.25, 0.3) is 5.52 Å². The van der Waals surface area contributed by atoms with Crippen molar-refractivity contribution in [3.8, 4) is 0 Å². The molecule has 0 fully saturated rings. The highest BCUT2D eigenvalue weighted by molar-refractivity contribution is 6.36. The molecule has 2 aromatic rings. The van der Waals surface area contributed by atoms with Crippen molar-refractivity contribution in [1.82, 2.24) is 9.61 Å². The Kier molecular flexibility index (Phi) is 1.82. The van der Waals surface area contributed by atoms with Crippen LogP contribution in [0.5, 0.6) is 0 Å². The molecule has 5 nitrogen and oxygen atoms in total. The summed E-state index contributed by atoms with van der Waals surface area (Å²) in [5, 5.41) is 4.20. The van der Waals surface area contributed by atoms with Crippen molar-refractivity contribution in [1.29, 1.82) is 0 Å². The van der Waals surface area contributed by atoms with Crippen LogP contribution in [0.15, 0.2) is 18.3 Å². The third-order valence-corrected chi connectivity index (χ3v) is 2.31. The lowest BCUT2D eigenvalue weighted by Crippen LogP contribution is -2.13. The maximum absolute atomic E-state index is 10.9. The second-order valence-corrected chi connectivity index (χ2v) is 3.17. The fourth-order valence-corrected chi connectivity index (χ4v) is 1.51. The number of anilines is 1. The van der Waals surface area contributed by atoms with Crippen LogP contribution in [0, 0.1) is 0 Å². The summed E-state index contributed by atoms with van der Waals surface area (Å²) in [4.78, 5) is 10.9. The van der Waals surface area contributed by atoms with Crippen LogP contribution in [0.3, 0.4) is 0 Å². The quantitative estimate of drug-likeness (QED) is 0.725. The van der Waals surface area contributed by atoms with Gasteiger partial charge in [0.25, 0.3) is 5.91 Å². The lowest BCUT2D eigenvalue weighted by Gasteiger charge is -2.02. The van der Waals surface area contributed by atoms with Crippen LogP contribution < -0.4 is 11.5 Å². The highest BCUT2D eigenvalue weighted by Gasteiger charge is 2.12. The molecule has 0 saturated carbocycles. The summed E-state index contributed by atoms with van der Waals surface area (Å²) in [5.74, 6) is -0.150. The number of hydrogen-bond donors (Lipinski definition) is 2. The molecule has 0 unspecified atom stereocenters. The molecule has 0 bridgehead atoms. The Bertz CT molecular complexity index is 519. The monoisotopic (exact) mass is 210 g/mol. The second-order valence-electron chi connectivity index (χ2n) is 2.79. The van der Waals surface area contributed by atoms with E-state index in [0.717, 1.165) is 0 Å². The van der Waals surface area contributed by atoms with Gasteiger partial charge in [0.2, 0.25) is 0 Å². The molecule has 2 rings (SSSR count). The molecule has 0 aliphatic rings. The normalized spacial score (nSPS) is 10.6. The van der Waals surface area contributed by atoms with Crippen LogP contribution in [-0.2, 0) is 0 Å². The number of carbonyl (C=O) groups excluding carboxylic acids is 1. The predicted molar refractivity (Wildman–Crippen MR) is 53.1 cm³/mol. The van der Waals surface area contributed by atoms with Gasteiger partial charge in [-0.25, -0.2) is 4.52 Å². The Morgan fingerprint density at radius 2 is 2.21 bits per heavy atom. The SMILES string of the molecule is NC(=O)c1cnn2c(N)ccc2c1Cl. The number of carbonyl (C=O) groups is 1. The molecule has 6 heteroatoms. The highest BCUT2D eigenvalue weighted by Crippen LogP contribution is 2.23. The summed E-state index contributed by atoms with van der Waals surface area (Å²) < 4.78 is 1.44. The van der Waals surface area contributed by atoms with Gasteiger partial charge in [0, 0.05) is 0 Å². The molecule has 1 amide bonds. The van der Waals surface area contributed by atoms with E-state index in [-0.39, 0.29) is 10.6 Å². The zero-order chi connectivity index (χ0) is 10.3. The Morgan fingerprint density at radius 1 is 1.50 bits per heavy atom. The van der Waals surface area contributed by atoms with Crippen molar-refractivity contribution >= 4 is 28.8 Å². The van der Waals surface area contributed by atoms with Crippen LogP contribution >= 0.6 is 11.6 Å². The Morgan fingerprint density at radius 3 is 2.86 bits per heavy atom. The van der Waals surface area contributed by atoms with E-state index in [0.29, 0.717) is 11.3 Å². The van der Waals surface area contributed by atoms with E-state index in [2.05, 4.69) is 5.10 Å². The van der Waals surface area contributed by atoms with Gasteiger partial charge in [0.05, 0.1) is 22.3 Å². The van der Waals surface area contributed by atoms with Crippen LogP contribution in [0.4, 0.5) is 5.82 Å². The number of rotatable bonds is 1. The fourth-order valence-electron chi connectivity index (χ4n) is 1.22. The number of primary amides is 1. The summed E-state index contributed by atoms with van der Waals surface area (Å²) in [6.45, 7) is 0. The van der Waals surface area contributed by atoms with Crippen molar-refractivity contribution < 1.29 is 4.79 Å². The Hall–Kier alpha value is -1.75. The molecule has 0 atom stereocenters.